The molecule has 0 unspecified atom stereocenters. The highest BCUT2D eigenvalue weighted by atomic mass is 32.2. The fourth-order valence-corrected chi connectivity index (χ4v) is 8.72. The summed E-state index contributed by atoms with van der Waals surface area (Å²) in [5.41, 5.74) is 0.765. The predicted octanol–water partition coefficient (Wildman–Crippen LogP) is 5.43. The fourth-order valence-electron chi connectivity index (χ4n) is 7.50. The standard InChI is InChI=1S/C39H59N7O6S/c1-26(2)21-33(37(48)53(50,51)43-30-19-17-27(3)18-20-30)40-23-31-22-32(46-25-34(42-44-46)28-13-9-7-10-14-28)24-45(31)36(47)35(29-15-11-8-12-16-29)52-38(49)41-39(4,5)6/h7,9-10,13-14,17-20,25-26,29,31-33,35-37,40,43,47-48H,8,11-12,15-16,21-24H2,1-6H3,(H,41,49)/t31-,32-,33-,35-,36-,37-/m0/s1. The van der Waals surface area contributed by atoms with Gasteiger partial charge >= 0.3 is 6.09 Å². The lowest BCUT2D eigenvalue weighted by Crippen LogP contribution is -2.56. The number of nitrogens with zero attached hydrogens (tertiary/aromatic N) is 4. The molecule has 1 aliphatic carbocycles. The Morgan fingerprint density at radius 3 is 2.34 bits per heavy atom. The van der Waals surface area contributed by atoms with Gasteiger partial charge in [-0.05, 0) is 77.3 Å². The van der Waals surface area contributed by atoms with Gasteiger partial charge in [0.25, 0.3) is 10.0 Å². The van der Waals surface area contributed by atoms with E-state index < -0.39 is 45.5 Å². The van der Waals surface area contributed by atoms with Gasteiger partial charge < -0.3 is 25.6 Å². The first-order valence-electron chi connectivity index (χ1n) is 19.0. The van der Waals surface area contributed by atoms with E-state index in [0.717, 1.165) is 48.9 Å². The SMILES string of the molecule is Cc1ccc(NS(=O)(=O)[C@H](O)[C@H](CC(C)C)NC[C@@H]2C[C@H](n3cc(-c4ccccc4)nn3)CN2[C@@H](O)[C@@H](OC(=O)NC(C)(C)C)C2CCCCC2)cc1. The highest BCUT2D eigenvalue weighted by Gasteiger charge is 2.44. The summed E-state index contributed by atoms with van der Waals surface area (Å²) < 4.78 is 37.4. The molecule has 3 aromatic rings. The number of benzene rings is 2. The Morgan fingerprint density at radius 1 is 1.02 bits per heavy atom. The molecule has 5 N–H and O–H groups in total. The number of hydrogen-bond acceptors (Lipinski definition) is 10. The highest BCUT2D eigenvalue weighted by molar-refractivity contribution is 7.93. The van der Waals surface area contributed by atoms with Gasteiger partial charge in [-0.1, -0.05) is 86.4 Å². The molecule has 6 atom stereocenters. The molecule has 1 saturated carbocycles. The van der Waals surface area contributed by atoms with Gasteiger partial charge in [0, 0.05) is 42.0 Å². The molecule has 1 saturated heterocycles. The molecule has 0 spiro atoms. The van der Waals surface area contributed by atoms with Crippen molar-refractivity contribution >= 4 is 21.8 Å². The van der Waals surface area contributed by atoms with E-state index in [2.05, 4.69) is 25.7 Å². The number of ether oxygens (including phenoxy) is 1. The molecule has 0 radical (unpaired) electrons. The average Bonchev–Trinajstić information content (AvgIpc) is 3.77. The Hall–Kier alpha value is -3.56. The van der Waals surface area contributed by atoms with E-state index in [1.807, 2.05) is 87.7 Å². The molecule has 2 aliphatic rings. The van der Waals surface area contributed by atoms with Gasteiger partial charge in [0.2, 0.25) is 0 Å². The van der Waals surface area contributed by atoms with Crippen molar-refractivity contribution in [1.29, 1.82) is 0 Å². The fraction of sp³-hybridized carbons (Fsp3) is 0.615. The maximum Gasteiger partial charge on any atom is 0.407 e. The van der Waals surface area contributed by atoms with Crippen LogP contribution in [0.3, 0.4) is 0 Å². The summed E-state index contributed by atoms with van der Waals surface area (Å²) in [5, 5.41) is 38.8. The number of alkyl carbamates (subject to hydrolysis) is 1. The van der Waals surface area contributed by atoms with Crippen LogP contribution in [0, 0.1) is 18.8 Å². The van der Waals surface area contributed by atoms with Crippen molar-refractivity contribution in [2.24, 2.45) is 11.8 Å². The van der Waals surface area contributed by atoms with Crippen LogP contribution < -0.4 is 15.4 Å². The molecule has 13 nitrogen and oxygen atoms in total. The first kappa shape index (κ1) is 40.6. The monoisotopic (exact) mass is 753 g/mol. The number of aromatic nitrogens is 3. The number of carbonyl (C=O) groups is 1. The lowest BCUT2D eigenvalue weighted by molar-refractivity contribution is -0.118. The summed E-state index contributed by atoms with van der Waals surface area (Å²) in [6.07, 6.45) is 5.09. The molecule has 5 rings (SSSR count). The van der Waals surface area contributed by atoms with Crippen molar-refractivity contribution in [3.63, 3.8) is 0 Å². The van der Waals surface area contributed by atoms with Gasteiger partial charge in [0.15, 0.2) is 5.44 Å². The topological polar surface area (TPSA) is 171 Å². The second-order valence-corrected chi connectivity index (χ2v) is 18.1. The van der Waals surface area contributed by atoms with E-state index in [0.29, 0.717) is 25.1 Å². The van der Waals surface area contributed by atoms with E-state index in [9.17, 15) is 23.4 Å². The van der Waals surface area contributed by atoms with E-state index in [4.69, 9.17) is 4.74 Å². The average molecular weight is 754 g/mol. The Bertz CT molecular complexity index is 1710. The molecular formula is C39H59N7O6S. The second kappa shape index (κ2) is 17.7. The van der Waals surface area contributed by atoms with Gasteiger partial charge in [-0.15, -0.1) is 5.10 Å². The number of hydrogen-bond donors (Lipinski definition) is 5. The summed E-state index contributed by atoms with van der Waals surface area (Å²) in [6, 6.07) is 15.4. The quantitative estimate of drug-likeness (QED) is 0.135. The molecule has 53 heavy (non-hydrogen) atoms. The summed E-state index contributed by atoms with van der Waals surface area (Å²) in [6.45, 7) is 12.2. The van der Waals surface area contributed by atoms with Crippen LogP contribution in [0.2, 0.25) is 0 Å². The third kappa shape index (κ3) is 11.2. The zero-order chi connectivity index (χ0) is 38.3. The van der Waals surface area contributed by atoms with Crippen molar-refractivity contribution in [2.45, 2.75) is 128 Å². The van der Waals surface area contributed by atoms with Crippen LogP contribution in [0.5, 0.6) is 0 Å². The van der Waals surface area contributed by atoms with Crippen LogP contribution in [0.1, 0.15) is 91.2 Å². The number of likely N-dealkylation sites (tertiary alicyclic amines) is 1. The molecule has 0 bridgehead atoms. The van der Waals surface area contributed by atoms with Crippen LogP contribution >= 0.6 is 0 Å². The highest BCUT2D eigenvalue weighted by Crippen LogP contribution is 2.35. The number of carbonyl (C=O) groups excluding carboxylic acids is 1. The van der Waals surface area contributed by atoms with Gasteiger partial charge in [-0.25, -0.2) is 17.9 Å². The van der Waals surface area contributed by atoms with Crippen molar-refractivity contribution < 1.29 is 28.2 Å². The Kier molecular flexibility index (Phi) is 13.6. The number of aliphatic hydroxyl groups is 2. The third-order valence-electron chi connectivity index (χ3n) is 10.2. The Balaban J connectivity index is 1.40. The molecule has 1 aromatic heterocycles. The first-order valence-corrected chi connectivity index (χ1v) is 20.5. The van der Waals surface area contributed by atoms with Crippen LogP contribution in [0.4, 0.5) is 10.5 Å². The van der Waals surface area contributed by atoms with Gasteiger partial charge in [0.05, 0.1) is 12.2 Å². The van der Waals surface area contributed by atoms with Gasteiger partial charge in [-0.2, -0.15) is 0 Å². The van der Waals surface area contributed by atoms with Gasteiger partial charge in [-0.3, -0.25) is 9.62 Å². The van der Waals surface area contributed by atoms with E-state index in [-0.39, 0.29) is 30.5 Å². The first-order chi connectivity index (χ1) is 25.1. The number of rotatable bonds is 15. The number of sulfonamides is 1. The van der Waals surface area contributed by atoms with E-state index in [1.54, 1.807) is 24.3 Å². The summed E-state index contributed by atoms with van der Waals surface area (Å²) >= 11 is 0. The Morgan fingerprint density at radius 2 is 1.70 bits per heavy atom. The number of amides is 1. The van der Waals surface area contributed by atoms with Crippen molar-refractivity contribution in [2.75, 3.05) is 17.8 Å². The zero-order valence-electron chi connectivity index (χ0n) is 32.0. The minimum atomic E-state index is -4.19. The van der Waals surface area contributed by atoms with Crippen molar-refractivity contribution in [3.8, 4) is 11.3 Å². The molecule has 1 aliphatic heterocycles. The minimum Gasteiger partial charge on any atom is -0.442 e. The number of nitrogens with one attached hydrogen (secondary N) is 3. The molecule has 2 heterocycles. The minimum absolute atomic E-state index is 0.0262. The summed E-state index contributed by atoms with van der Waals surface area (Å²) in [7, 11) is -4.19. The lowest BCUT2D eigenvalue weighted by Gasteiger charge is -2.39. The maximum atomic E-state index is 13.5. The Labute approximate surface area is 314 Å². The molecule has 292 valence electrons. The smallest absolute Gasteiger partial charge is 0.407 e. The normalized spacial score (nSPS) is 21.2. The van der Waals surface area contributed by atoms with Crippen LogP contribution in [0.25, 0.3) is 11.3 Å². The van der Waals surface area contributed by atoms with Crippen LogP contribution in [-0.4, -0.2) is 93.1 Å². The summed E-state index contributed by atoms with van der Waals surface area (Å²) in [4.78, 5) is 15.1. The van der Waals surface area contributed by atoms with E-state index >= 15 is 0 Å². The predicted molar refractivity (Wildman–Crippen MR) is 206 cm³/mol. The van der Waals surface area contributed by atoms with Crippen LogP contribution in [0.15, 0.2) is 60.8 Å². The van der Waals surface area contributed by atoms with Crippen molar-refractivity contribution in [3.05, 3.63) is 66.4 Å². The zero-order valence-corrected chi connectivity index (χ0v) is 32.8. The van der Waals surface area contributed by atoms with Gasteiger partial charge in [0.1, 0.15) is 18.0 Å². The number of aryl methyl sites for hydroxylation is 1. The lowest BCUT2D eigenvalue weighted by atomic mass is 9.84. The van der Waals surface area contributed by atoms with Crippen LogP contribution in [-0.2, 0) is 14.8 Å². The van der Waals surface area contributed by atoms with Crippen molar-refractivity contribution in [1.82, 2.24) is 30.5 Å². The molecule has 14 heteroatoms. The molecule has 2 aromatic carbocycles. The molecule has 1 amide bonds. The van der Waals surface area contributed by atoms with E-state index in [1.165, 1.54) is 0 Å². The second-order valence-electron chi connectivity index (χ2n) is 16.3. The third-order valence-corrected chi connectivity index (χ3v) is 11.7. The summed E-state index contributed by atoms with van der Waals surface area (Å²) in [5.74, 6) is 0.0494. The molecular weight excluding hydrogens is 695 g/mol. The molecule has 2 fully saturated rings. The largest absolute Gasteiger partial charge is 0.442 e. The number of aliphatic hydroxyl groups excluding tert-OH is 2. The number of anilines is 1. The maximum absolute atomic E-state index is 13.5.